The minimum absolute atomic E-state index is 0.634. The quantitative estimate of drug-likeness (QED) is 0.721. The maximum Gasteiger partial charge on any atom is 0.0537 e. The maximum absolute atomic E-state index is 4.22. The number of hydrogen-bond donors (Lipinski definition) is 2. The molecule has 2 heterocycles. The van der Waals surface area contributed by atoms with Crippen molar-refractivity contribution in [2.45, 2.75) is 25.9 Å². The number of aromatic nitrogens is 2. The van der Waals surface area contributed by atoms with Crippen LogP contribution in [-0.4, -0.2) is 28.9 Å². The zero-order chi connectivity index (χ0) is 9.97. The Balaban J connectivity index is 1.88. The molecule has 1 aliphatic heterocycles. The highest BCUT2D eigenvalue weighted by Gasteiger charge is 2.14. The third kappa shape index (κ3) is 1.96. The van der Waals surface area contributed by atoms with Crippen molar-refractivity contribution in [3.8, 4) is 0 Å². The van der Waals surface area contributed by atoms with Crippen LogP contribution in [-0.2, 0) is 13.6 Å². The summed E-state index contributed by atoms with van der Waals surface area (Å²) in [5.74, 6) is 0. The van der Waals surface area contributed by atoms with Crippen molar-refractivity contribution < 1.29 is 0 Å². The number of hydrogen-bond acceptors (Lipinski definition) is 3. The average Bonchev–Trinajstić information content (AvgIpc) is 2.77. The van der Waals surface area contributed by atoms with Crippen LogP contribution < -0.4 is 10.6 Å². The van der Waals surface area contributed by atoms with E-state index in [1.807, 2.05) is 17.9 Å². The first-order valence-corrected chi connectivity index (χ1v) is 5.19. The molecule has 1 saturated heterocycles. The van der Waals surface area contributed by atoms with Crippen LogP contribution in [0.2, 0.25) is 0 Å². The third-order valence-corrected chi connectivity index (χ3v) is 2.98. The van der Waals surface area contributed by atoms with Crippen molar-refractivity contribution in [2.75, 3.05) is 13.1 Å². The first-order valence-electron chi connectivity index (χ1n) is 5.19. The Morgan fingerprint density at radius 2 is 2.57 bits per heavy atom. The molecule has 0 amide bonds. The Morgan fingerprint density at radius 3 is 3.14 bits per heavy atom. The molecule has 0 saturated carbocycles. The van der Waals surface area contributed by atoms with Gasteiger partial charge in [0, 0.05) is 37.4 Å². The Labute approximate surface area is 84.7 Å². The van der Waals surface area contributed by atoms with Gasteiger partial charge in [-0.2, -0.15) is 5.10 Å². The van der Waals surface area contributed by atoms with Crippen LogP contribution in [0.1, 0.15) is 17.7 Å². The molecule has 1 fully saturated rings. The molecular formula is C10H18N4. The highest BCUT2D eigenvalue weighted by molar-refractivity contribution is 5.15. The van der Waals surface area contributed by atoms with E-state index < -0.39 is 0 Å². The number of nitrogens with zero attached hydrogens (tertiary/aromatic N) is 2. The van der Waals surface area contributed by atoms with E-state index >= 15 is 0 Å². The predicted octanol–water partition coefficient (Wildman–Crippen LogP) is 0.180. The van der Waals surface area contributed by atoms with Gasteiger partial charge in [0.1, 0.15) is 0 Å². The SMILES string of the molecule is Cc1c(CNC2CCNC2)cnn1C. The first kappa shape index (κ1) is 9.68. The van der Waals surface area contributed by atoms with E-state index in [1.165, 1.54) is 17.7 Å². The molecule has 4 nitrogen and oxygen atoms in total. The maximum atomic E-state index is 4.22. The van der Waals surface area contributed by atoms with E-state index in [2.05, 4.69) is 22.7 Å². The van der Waals surface area contributed by atoms with E-state index in [1.54, 1.807) is 0 Å². The molecule has 2 N–H and O–H groups in total. The molecule has 0 bridgehead atoms. The lowest BCUT2D eigenvalue weighted by Gasteiger charge is -2.10. The summed E-state index contributed by atoms with van der Waals surface area (Å²) >= 11 is 0. The van der Waals surface area contributed by atoms with Crippen LogP contribution in [0, 0.1) is 6.92 Å². The Bertz CT molecular complexity index is 299. The van der Waals surface area contributed by atoms with Crippen LogP contribution in [0.25, 0.3) is 0 Å². The molecule has 1 aromatic rings. The lowest BCUT2D eigenvalue weighted by atomic mass is 10.2. The number of aryl methyl sites for hydroxylation is 1. The lowest BCUT2D eigenvalue weighted by molar-refractivity contribution is 0.546. The monoisotopic (exact) mass is 194 g/mol. The van der Waals surface area contributed by atoms with Gasteiger partial charge in [-0.05, 0) is 19.9 Å². The van der Waals surface area contributed by atoms with Gasteiger partial charge in [0.05, 0.1) is 6.20 Å². The first-order chi connectivity index (χ1) is 6.77. The zero-order valence-corrected chi connectivity index (χ0v) is 8.88. The summed E-state index contributed by atoms with van der Waals surface area (Å²) in [5, 5.41) is 11.1. The topological polar surface area (TPSA) is 41.9 Å². The highest BCUT2D eigenvalue weighted by atomic mass is 15.3. The standard InChI is InChI=1S/C10H18N4/c1-8-9(6-13-14(8)2)5-12-10-3-4-11-7-10/h6,10-12H,3-5,7H2,1-2H3. The van der Waals surface area contributed by atoms with Gasteiger partial charge in [0.15, 0.2) is 0 Å². The molecule has 14 heavy (non-hydrogen) atoms. The molecule has 1 unspecified atom stereocenters. The van der Waals surface area contributed by atoms with Gasteiger partial charge in [-0.3, -0.25) is 4.68 Å². The largest absolute Gasteiger partial charge is 0.315 e. The fourth-order valence-corrected chi connectivity index (χ4v) is 1.80. The minimum Gasteiger partial charge on any atom is -0.315 e. The molecule has 1 atom stereocenters. The smallest absolute Gasteiger partial charge is 0.0537 e. The van der Waals surface area contributed by atoms with Gasteiger partial charge in [0.2, 0.25) is 0 Å². The van der Waals surface area contributed by atoms with Crippen LogP contribution in [0.15, 0.2) is 6.20 Å². The normalized spacial score (nSPS) is 21.7. The van der Waals surface area contributed by atoms with Crippen LogP contribution >= 0.6 is 0 Å². The second-order valence-electron chi connectivity index (χ2n) is 3.95. The Hall–Kier alpha value is -0.870. The fourth-order valence-electron chi connectivity index (χ4n) is 1.80. The highest BCUT2D eigenvalue weighted by Crippen LogP contribution is 2.06. The summed E-state index contributed by atoms with van der Waals surface area (Å²) < 4.78 is 1.92. The van der Waals surface area contributed by atoms with Crippen LogP contribution in [0.3, 0.4) is 0 Å². The van der Waals surface area contributed by atoms with Crippen molar-refractivity contribution >= 4 is 0 Å². The van der Waals surface area contributed by atoms with Gasteiger partial charge in [-0.15, -0.1) is 0 Å². The fraction of sp³-hybridized carbons (Fsp3) is 0.700. The molecule has 2 rings (SSSR count). The van der Waals surface area contributed by atoms with Crippen molar-refractivity contribution in [1.29, 1.82) is 0 Å². The van der Waals surface area contributed by atoms with Crippen molar-refractivity contribution in [1.82, 2.24) is 20.4 Å². The predicted molar refractivity (Wildman–Crippen MR) is 56.1 cm³/mol. The van der Waals surface area contributed by atoms with Crippen molar-refractivity contribution in [2.24, 2.45) is 7.05 Å². The molecule has 0 aromatic carbocycles. The average molecular weight is 194 g/mol. The van der Waals surface area contributed by atoms with Gasteiger partial charge >= 0.3 is 0 Å². The summed E-state index contributed by atoms with van der Waals surface area (Å²) in [6, 6.07) is 0.634. The molecule has 1 aliphatic rings. The lowest BCUT2D eigenvalue weighted by Crippen LogP contribution is -2.30. The van der Waals surface area contributed by atoms with Gasteiger partial charge < -0.3 is 10.6 Å². The van der Waals surface area contributed by atoms with E-state index in [4.69, 9.17) is 0 Å². The molecule has 0 spiro atoms. The Morgan fingerprint density at radius 1 is 1.71 bits per heavy atom. The summed E-state index contributed by atoms with van der Waals surface area (Å²) in [6.45, 7) is 5.28. The van der Waals surface area contributed by atoms with Crippen LogP contribution in [0.4, 0.5) is 0 Å². The Kier molecular flexibility index (Phi) is 2.84. The van der Waals surface area contributed by atoms with E-state index in [-0.39, 0.29) is 0 Å². The van der Waals surface area contributed by atoms with Gasteiger partial charge in [-0.1, -0.05) is 0 Å². The van der Waals surface area contributed by atoms with E-state index in [0.29, 0.717) is 6.04 Å². The molecular weight excluding hydrogens is 176 g/mol. The van der Waals surface area contributed by atoms with Crippen LogP contribution in [0.5, 0.6) is 0 Å². The summed E-state index contributed by atoms with van der Waals surface area (Å²) in [5.41, 5.74) is 2.56. The summed E-state index contributed by atoms with van der Waals surface area (Å²) in [7, 11) is 1.98. The second-order valence-corrected chi connectivity index (χ2v) is 3.95. The van der Waals surface area contributed by atoms with Gasteiger partial charge in [0.25, 0.3) is 0 Å². The third-order valence-electron chi connectivity index (χ3n) is 2.98. The second kappa shape index (κ2) is 4.11. The molecule has 1 aromatic heterocycles. The van der Waals surface area contributed by atoms with E-state index in [0.717, 1.165) is 19.6 Å². The minimum atomic E-state index is 0.634. The zero-order valence-electron chi connectivity index (χ0n) is 8.88. The van der Waals surface area contributed by atoms with E-state index in [9.17, 15) is 0 Å². The molecule has 0 radical (unpaired) electrons. The number of rotatable bonds is 3. The van der Waals surface area contributed by atoms with Crippen molar-refractivity contribution in [3.05, 3.63) is 17.5 Å². The summed E-state index contributed by atoms with van der Waals surface area (Å²) in [6.07, 6.45) is 3.18. The van der Waals surface area contributed by atoms with Gasteiger partial charge in [-0.25, -0.2) is 0 Å². The molecule has 78 valence electrons. The molecule has 0 aliphatic carbocycles. The summed E-state index contributed by atoms with van der Waals surface area (Å²) in [4.78, 5) is 0. The van der Waals surface area contributed by atoms with Crippen molar-refractivity contribution in [3.63, 3.8) is 0 Å². The molecule has 4 heteroatoms. The number of nitrogens with one attached hydrogen (secondary N) is 2.